The fraction of sp³-hybridized carbons (Fsp3) is 0.185. The number of benzene rings is 3. The maximum Gasteiger partial charge on any atom is 0.269 e. The number of aliphatic imine (C=N–C) groups is 1. The van der Waals surface area contributed by atoms with Gasteiger partial charge in [-0.25, -0.2) is 0 Å². The van der Waals surface area contributed by atoms with Gasteiger partial charge in [0.25, 0.3) is 5.91 Å². The number of carbonyl (C=O) groups excluding carboxylic acids is 1. The minimum atomic E-state index is -0.0313. The van der Waals surface area contributed by atoms with Crippen molar-refractivity contribution in [1.29, 1.82) is 0 Å². The standard InChI is InChI=1S/C27H25N3OS2/c1-19(21-13-7-4-8-14-21)28-27-30(18-17-20-11-5-3-6-12-20)25(31)24(33-27)26-29(2)22-15-9-10-16-23(22)32-26/h3-16,19H,17-18H2,1-2H3. The van der Waals surface area contributed by atoms with Crippen LogP contribution in [0.2, 0.25) is 0 Å². The molecule has 4 nitrogen and oxygen atoms in total. The van der Waals surface area contributed by atoms with E-state index >= 15 is 0 Å². The molecule has 6 heteroatoms. The zero-order valence-electron chi connectivity index (χ0n) is 18.6. The lowest BCUT2D eigenvalue weighted by Gasteiger charge is -2.18. The lowest BCUT2D eigenvalue weighted by atomic mass is 10.1. The Hall–Kier alpha value is -2.96. The van der Waals surface area contributed by atoms with Gasteiger partial charge < -0.3 is 4.90 Å². The molecule has 1 fully saturated rings. The van der Waals surface area contributed by atoms with Crippen LogP contribution in [0.5, 0.6) is 0 Å². The van der Waals surface area contributed by atoms with E-state index in [1.807, 2.05) is 60.5 Å². The van der Waals surface area contributed by atoms with Gasteiger partial charge in [0, 0.05) is 18.5 Å². The molecule has 0 saturated carbocycles. The molecule has 166 valence electrons. The van der Waals surface area contributed by atoms with Crippen molar-refractivity contribution in [1.82, 2.24) is 4.90 Å². The first-order valence-corrected chi connectivity index (χ1v) is 12.7. The number of nitrogens with zero attached hydrogens (tertiary/aromatic N) is 3. The second kappa shape index (κ2) is 9.49. The number of anilines is 1. The molecule has 1 atom stereocenters. The molecule has 1 saturated heterocycles. The number of carbonyl (C=O) groups is 1. The Morgan fingerprint density at radius 2 is 1.55 bits per heavy atom. The Morgan fingerprint density at radius 3 is 2.27 bits per heavy atom. The van der Waals surface area contributed by atoms with Crippen molar-refractivity contribution in [2.75, 3.05) is 18.5 Å². The molecule has 3 aromatic rings. The van der Waals surface area contributed by atoms with Gasteiger partial charge >= 0.3 is 0 Å². The molecule has 2 aliphatic heterocycles. The van der Waals surface area contributed by atoms with Crippen LogP contribution in [-0.4, -0.2) is 29.6 Å². The van der Waals surface area contributed by atoms with Gasteiger partial charge in [0.2, 0.25) is 0 Å². The first-order valence-electron chi connectivity index (χ1n) is 11.0. The van der Waals surface area contributed by atoms with Gasteiger partial charge in [-0.05, 0) is 48.4 Å². The fourth-order valence-electron chi connectivity index (χ4n) is 3.99. The third-order valence-corrected chi connectivity index (χ3v) is 8.29. The summed E-state index contributed by atoms with van der Waals surface area (Å²) in [6, 6.07) is 28.8. The van der Waals surface area contributed by atoms with Crippen molar-refractivity contribution >= 4 is 40.3 Å². The van der Waals surface area contributed by atoms with Crippen molar-refractivity contribution in [3.8, 4) is 0 Å². The molecule has 33 heavy (non-hydrogen) atoms. The Kier molecular flexibility index (Phi) is 6.29. The number of amides is 1. The molecule has 0 aromatic heterocycles. The molecule has 5 rings (SSSR count). The summed E-state index contributed by atoms with van der Waals surface area (Å²) in [6.45, 7) is 2.69. The van der Waals surface area contributed by atoms with E-state index in [0.29, 0.717) is 6.54 Å². The van der Waals surface area contributed by atoms with E-state index in [2.05, 4.69) is 48.2 Å². The molecular formula is C27H25N3OS2. The number of hydrogen-bond acceptors (Lipinski definition) is 5. The Bertz CT molecular complexity index is 1220. The second-order valence-electron chi connectivity index (χ2n) is 8.06. The van der Waals surface area contributed by atoms with Crippen molar-refractivity contribution in [2.24, 2.45) is 4.99 Å². The molecule has 0 bridgehead atoms. The number of amidine groups is 1. The number of thioether (sulfide) groups is 2. The molecule has 2 heterocycles. The number of hydrogen-bond donors (Lipinski definition) is 0. The first kappa shape index (κ1) is 21.9. The summed E-state index contributed by atoms with van der Waals surface area (Å²) in [5.41, 5.74) is 3.49. The van der Waals surface area contributed by atoms with Crippen LogP contribution in [0.25, 0.3) is 0 Å². The molecular weight excluding hydrogens is 446 g/mol. The van der Waals surface area contributed by atoms with Gasteiger partial charge in [-0.1, -0.05) is 84.6 Å². The molecule has 0 aliphatic carbocycles. The number of rotatable bonds is 5. The number of para-hydroxylation sites is 1. The molecule has 1 amide bonds. The summed E-state index contributed by atoms with van der Waals surface area (Å²) in [4.78, 5) is 24.6. The minimum Gasteiger partial charge on any atom is -0.337 e. The molecule has 0 N–H and O–H groups in total. The molecule has 2 aliphatic rings. The lowest BCUT2D eigenvalue weighted by Crippen LogP contribution is -2.32. The topological polar surface area (TPSA) is 35.9 Å². The molecule has 0 spiro atoms. The Morgan fingerprint density at radius 1 is 0.879 bits per heavy atom. The van der Waals surface area contributed by atoms with E-state index in [-0.39, 0.29) is 11.9 Å². The minimum absolute atomic E-state index is 0.0313. The van der Waals surface area contributed by atoms with Crippen LogP contribution >= 0.6 is 23.5 Å². The highest BCUT2D eigenvalue weighted by Crippen LogP contribution is 2.50. The normalized spacial score (nSPS) is 19.9. The largest absolute Gasteiger partial charge is 0.337 e. The van der Waals surface area contributed by atoms with Crippen LogP contribution in [0.15, 0.2) is 105 Å². The lowest BCUT2D eigenvalue weighted by molar-refractivity contribution is -0.122. The van der Waals surface area contributed by atoms with Crippen LogP contribution < -0.4 is 4.90 Å². The Balaban J connectivity index is 1.48. The molecule has 1 unspecified atom stereocenters. The predicted molar refractivity (Wildman–Crippen MR) is 139 cm³/mol. The van der Waals surface area contributed by atoms with E-state index < -0.39 is 0 Å². The van der Waals surface area contributed by atoms with E-state index in [0.717, 1.165) is 32.8 Å². The zero-order chi connectivity index (χ0) is 22.8. The average molecular weight is 472 g/mol. The number of fused-ring (bicyclic) bond motifs is 1. The predicted octanol–water partition coefficient (Wildman–Crippen LogP) is 6.33. The second-order valence-corrected chi connectivity index (χ2v) is 10.1. The summed E-state index contributed by atoms with van der Waals surface area (Å²) < 4.78 is 0. The highest BCUT2D eigenvalue weighted by molar-refractivity contribution is 8.19. The average Bonchev–Trinajstić information content (AvgIpc) is 3.35. The van der Waals surface area contributed by atoms with Gasteiger partial charge in [0.15, 0.2) is 5.17 Å². The SMILES string of the molecule is CC(N=C1SC(=C2Sc3ccccc3N2C)C(=O)N1CCc1ccccc1)c1ccccc1. The summed E-state index contributed by atoms with van der Waals surface area (Å²) >= 11 is 3.16. The zero-order valence-corrected chi connectivity index (χ0v) is 20.3. The van der Waals surface area contributed by atoms with Crippen molar-refractivity contribution in [3.63, 3.8) is 0 Å². The van der Waals surface area contributed by atoms with Gasteiger partial charge in [0.1, 0.15) is 4.91 Å². The highest BCUT2D eigenvalue weighted by Gasteiger charge is 2.39. The van der Waals surface area contributed by atoms with Crippen molar-refractivity contribution in [3.05, 3.63) is 106 Å². The van der Waals surface area contributed by atoms with Crippen LogP contribution in [-0.2, 0) is 11.2 Å². The van der Waals surface area contributed by atoms with E-state index in [9.17, 15) is 4.79 Å². The third-order valence-electron chi connectivity index (χ3n) is 5.85. The molecule has 3 aromatic carbocycles. The van der Waals surface area contributed by atoms with Crippen LogP contribution in [0.3, 0.4) is 0 Å². The monoisotopic (exact) mass is 471 g/mol. The van der Waals surface area contributed by atoms with E-state index in [1.54, 1.807) is 11.8 Å². The van der Waals surface area contributed by atoms with Gasteiger partial charge in [0.05, 0.1) is 16.8 Å². The van der Waals surface area contributed by atoms with Crippen LogP contribution in [0.4, 0.5) is 5.69 Å². The van der Waals surface area contributed by atoms with E-state index in [4.69, 9.17) is 4.99 Å². The first-order chi connectivity index (χ1) is 16.1. The molecule has 0 radical (unpaired) electrons. The van der Waals surface area contributed by atoms with Crippen molar-refractivity contribution in [2.45, 2.75) is 24.3 Å². The van der Waals surface area contributed by atoms with Gasteiger partial charge in [-0.15, -0.1) is 0 Å². The highest BCUT2D eigenvalue weighted by atomic mass is 32.2. The third kappa shape index (κ3) is 4.45. The maximum absolute atomic E-state index is 13.7. The summed E-state index contributed by atoms with van der Waals surface area (Å²) in [7, 11) is 2.03. The fourth-order valence-corrected chi connectivity index (χ4v) is 6.42. The van der Waals surface area contributed by atoms with E-state index in [1.165, 1.54) is 22.2 Å². The van der Waals surface area contributed by atoms with Crippen LogP contribution in [0.1, 0.15) is 24.1 Å². The summed E-state index contributed by atoms with van der Waals surface area (Å²) in [5.74, 6) is 0.0390. The quantitative estimate of drug-likeness (QED) is 0.407. The van der Waals surface area contributed by atoms with Gasteiger partial charge in [-0.3, -0.25) is 14.7 Å². The van der Waals surface area contributed by atoms with Crippen LogP contribution in [0, 0.1) is 0 Å². The van der Waals surface area contributed by atoms with Gasteiger partial charge in [-0.2, -0.15) is 0 Å². The van der Waals surface area contributed by atoms with Crippen molar-refractivity contribution < 1.29 is 4.79 Å². The Labute approximate surface area is 203 Å². The summed E-state index contributed by atoms with van der Waals surface area (Å²) in [5, 5.41) is 1.76. The smallest absolute Gasteiger partial charge is 0.269 e. The summed E-state index contributed by atoms with van der Waals surface area (Å²) in [6.07, 6.45) is 0.789. The maximum atomic E-state index is 13.7.